The summed E-state index contributed by atoms with van der Waals surface area (Å²) in [7, 11) is 0. The third-order valence-corrected chi connectivity index (χ3v) is 4.75. The lowest BCUT2D eigenvalue weighted by Crippen LogP contribution is -2.36. The number of amides is 1. The molecule has 2 aromatic heterocycles. The molecule has 0 unspecified atom stereocenters. The maximum Gasteiger partial charge on any atom is 0.226 e. The Hall–Kier alpha value is -1.24. The van der Waals surface area contributed by atoms with E-state index >= 15 is 0 Å². The Bertz CT molecular complexity index is 562. The van der Waals surface area contributed by atoms with E-state index in [2.05, 4.69) is 10.3 Å². The van der Waals surface area contributed by atoms with E-state index in [1.807, 2.05) is 36.7 Å². The van der Waals surface area contributed by atoms with Crippen LogP contribution in [0.25, 0.3) is 9.88 Å². The first kappa shape index (κ1) is 15.2. The molecule has 0 aliphatic carbocycles. The fourth-order valence-corrected chi connectivity index (χ4v) is 3.16. The van der Waals surface area contributed by atoms with Crippen LogP contribution in [-0.4, -0.2) is 29.1 Å². The Morgan fingerprint density at radius 3 is 2.90 bits per heavy atom. The quantitative estimate of drug-likeness (QED) is 0.862. The number of thiazole rings is 1. The van der Waals surface area contributed by atoms with Crippen molar-refractivity contribution >= 4 is 28.6 Å². The first-order valence-electron chi connectivity index (χ1n) is 6.36. The minimum absolute atomic E-state index is 0.0481. The average molecular weight is 310 g/mol. The molecule has 2 aromatic rings. The predicted molar refractivity (Wildman–Crippen MR) is 83.0 cm³/mol. The lowest BCUT2D eigenvalue weighted by atomic mass is 9.95. The predicted octanol–water partition coefficient (Wildman–Crippen LogP) is 2.55. The van der Waals surface area contributed by atoms with Gasteiger partial charge in [0.2, 0.25) is 5.91 Å². The van der Waals surface area contributed by atoms with Gasteiger partial charge in [-0.15, -0.1) is 22.7 Å². The van der Waals surface area contributed by atoms with Crippen LogP contribution in [-0.2, 0) is 11.2 Å². The van der Waals surface area contributed by atoms with Crippen molar-refractivity contribution in [1.29, 1.82) is 0 Å². The molecule has 0 radical (unpaired) electrons. The summed E-state index contributed by atoms with van der Waals surface area (Å²) >= 11 is 3.20. The summed E-state index contributed by atoms with van der Waals surface area (Å²) in [4.78, 5) is 17.4. The van der Waals surface area contributed by atoms with Gasteiger partial charge in [0.1, 0.15) is 5.01 Å². The number of rotatable bonds is 6. The van der Waals surface area contributed by atoms with Gasteiger partial charge in [0.05, 0.1) is 17.0 Å². The molecule has 2 heterocycles. The van der Waals surface area contributed by atoms with Gasteiger partial charge in [-0.2, -0.15) is 0 Å². The van der Waals surface area contributed by atoms with Crippen molar-refractivity contribution in [2.24, 2.45) is 5.41 Å². The highest BCUT2D eigenvalue weighted by Gasteiger charge is 2.18. The zero-order valence-electron chi connectivity index (χ0n) is 11.5. The number of aliphatic hydroxyl groups is 1. The van der Waals surface area contributed by atoms with E-state index in [4.69, 9.17) is 5.11 Å². The molecule has 2 rings (SSSR count). The molecule has 108 valence electrons. The van der Waals surface area contributed by atoms with Crippen LogP contribution < -0.4 is 5.32 Å². The number of hydrogen-bond donors (Lipinski definition) is 2. The molecule has 0 saturated heterocycles. The largest absolute Gasteiger partial charge is 0.396 e. The van der Waals surface area contributed by atoms with Crippen LogP contribution in [0.3, 0.4) is 0 Å². The molecule has 1 amide bonds. The van der Waals surface area contributed by atoms with Crippen LogP contribution in [0.5, 0.6) is 0 Å². The minimum Gasteiger partial charge on any atom is -0.396 e. The smallest absolute Gasteiger partial charge is 0.226 e. The Labute approximate surface area is 126 Å². The number of thiophene rings is 1. The van der Waals surface area contributed by atoms with Gasteiger partial charge in [-0.3, -0.25) is 4.79 Å². The minimum atomic E-state index is -0.292. The second-order valence-corrected chi connectivity index (χ2v) is 7.20. The number of nitrogens with one attached hydrogen (secondary N) is 1. The van der Waals surface area contributed by atoms with Crippen LogP contribution in [0.15, 0.2) is 22.9 Å². The molecule has 0 saturated carbocycles. The summed E-state index contributed by atoms with van der Waals surface area (Å²) in [5.41, 5.74) is 0.498. The van der Waals surface area contributed by atoms with Gasteiger partial charge in [0, 0.05) is 23.9 Å². The number of aliphatic hydroxyl groups excluding tert-OH is 1. The normalized spacial score (nSPS) is 11.6. The SMILES string of the molecule is CC(C)(CO)CNC(=O)Cc1csc(-c2cccs2)n1. The average Bonchev–Trinajstić information content (AvgIpc) is 3.07. The van der Waals surface area contributed by atoms with Gasteiger partial charge in [-0.25, -0.2) is 4.98 Å². The van der Waals surface area contributed by atoms with Crippen molar-refractivity contribution in [3.8, 4) is 9.88 Å². The molecule has 6 heteroatoms. The summed E-state index contributed by atoms with van der Waals surface area (Å²) in [6.45, 7) is 4.33. The third-order valence-electron chi connectivity index (χ3n) is 2.82. The highest BCUT2D eigenvalue weighted by molar-refractivity contribution is 7.20. The van der Waals surface area contributed by atoms with Crippen LogP contribution in [0.4, 0.5) is 0 Å². The first-order chi connectivity index (χ1) is 9.50. The number of aromatic nitrogens is 1. The second-order valence-electron chi connectivity index (χ2n) is 5.40. The number of hydrogen-bond acceptors (Lipinski definition) is 5. The standard InChI is InChI=1S/C14H18N2O2S2/c1-14(2,9-17)8-15-12(18)6-10-7-20-13(16-10)11-4-3-5-19-11/h3-5,7,17H,6,8-9H2,1-2H3,(H,15,18). The topological polar surface area (TPSA) is 62.2 Å². The van der Waals surface area contributed by atoms with Crippen molar-refractivity contribution in [1.82, 2.24) is 10.3 Å². The Balaban J connectivity index is 1.89. The van der Waals surface area contributed by atoms with Gasteiger partial charge in [-0.05, 0) is 11.4 Å². The number of carbonyl (C=O) groups excluding carboxylic acids is 1. The summed E-state index contributed by atoms with van der Waals surface area (Å²) < 4.78 is 0. The molecule has 0 spiro atoms. The molecule has 0 atom stereocenters. The van der Waals surface area contributed by atoms with Gasteiger partial charge >= 0.3 is 0 Å². The fraction of sp³-hybridized carbons (Fsp3) is 0.429. The van der Waals surface area contributed by atoms with E-state index in [1.165, 1.54) is 0 Å². The second kappa shape index (κ2) is 6.47. The zero-order chi connectivity index (χ0) is 14.6. The van der Waals surface area contributed by atoms with Crippen molar-refractivity contribution < 1.29 is 9.90 Å². The molecule has 4 nitrogen and oxygen atoms in total. The van der Waals surface area contributed by atoms with Crippen LogP contribution in [0.1, 0.15) is 19.5 Å². The molecule has 2 N–H and O–H groups in total. The molecule has 0 aliphatic heterocycles. The lowest BCUT2D eigenvalue weighted by molar-refractivity contribution is -0.121. The summed E-state index contributed by atoms with van der Waals surface area (Å²) in [5, 5.41) is 16.9. The summed E-state index contributed by atoms with van der Waals surface area (Å²) in [5.74, 6) is -0.0606. The van der Waals surface area contributed by atoms with E-state index in [9.17, 15) is 4.79 Å². The Kier molecular flexibility index (Phi) is 4.91. The van der Waals surface area contributed by atoms with Crippen molar-refractivity contribution in [2.45, 2.75) is 20.3 Å². The Morgan fingerprint density at radius 2 is 2.25 bits per heavy atom. The van der Waals surface area contributed by atoms with E-state index < -0.39 is 0 Å². The molecular weight excluding hydrogens is 292 g/mol. The zero-order valence-corrected chi connectivity index (χ0v) is 13.2. The van der Waals surface area contributed by atoms with Crippen LogP contribution >= 0.6 is 22.7 Å². The fourth-order valence-electron chi connectivity index (χ4n) is 1.52. The molecule has 0 fully saturated rings. The van der Waals surface area contributed by atoms with Crippen molar-refractivity contribution in [2.75, 3.05) is 13.2 Å². The van der Waals surface area contributed by atoms with E-state index in [1.54, 1.807) is 22.7 Å². The van der Waals surface area contributed by atoms with Gasteiger partial charge in [0.15, 0.2) is 0 Å². The monoisotopic (exact) mass is 310 g/mol. The molecule has 20 heavy (non-hydrogen) atoms. The summed E-state index contributed by atoms with van der Waals surface area (Å²) in [6.07, 6.45) is 0.281. The van der Waals surface area contributed by atoms with E-state index in [0.29, 0.717) is 6.54 Å². The molecule has 0 aliphatic rings. The first-order valence-corrected chi connectivity index (χ1v) is 8.12. The number of carbonyl (C=O) groups is 1. The molecular formula is C14H18N2O2S2. The van der Waals surface area contributed by atoms with Crippen LogP contribution in [0, 0.1) is 5.41 Å². The lowest BCUT2D eigenvalue weighted by Gasteiger charge is -2.21. The van der Waals surface area contributed by atoms with Crippen LogP contribution in [0.2, 0.25) is 0 Å². The highest BCUT2D eigenvalue weighted by Crippen LogP contribution is 2.27. The third kappa shape index (κ3) is 4.13. The molecule has 0 aromatic carbocycles. The molecule has 0 bridgehead atoms. The van der Waals surface area contributed by atoms with Gasteiger partial charge < -0.3 is 10.4 Å². The van der Waals surface area contributed by atoms with Gasteiger partial charge in [-0.1, -0.05) is 19.9 Å². The highest BCUT2D eigenvalue weighted by atomic mass is 32.1. The maximum atomic E-state index is 11.8. The summed E-state index contributed by atoms with van der Waals surface area (Å²) in [6, 6.07) is 4.02. The van der Waals surface area contributed by atoms with E-state index in [-0.39, 0.29) is 24.3 Å². The maximum absolute atomic E-state index is 11.8. The number of nitrogens with zero attached hydrogens (tertiary/aromatic N) is 1. The van der Waals surface area contributed by atoms with Gasteiger partial charge in [0.25, 0.3) is 0 Å². The Morgan fingerprint density at radius 1 is 1.45 bits per heavy atom. The van der Waals surface area contributed by atoms with Crippen molar-refractivity contribution in [3.05, 3.63) is 28.6 Å². The van der Waals surface area contributed by atoms with Crippen molar-refractivity contribution in [3.63, 3.8) is 0 Å². The van der Waals surface area contributed by atoms with E-state index in [0.717, 1.165) is 15.6 Å².